The van der Waals surface area contributed by atoms with Crippen LogP contribution in [0.2, 0.25) is 0 Å². The molecule has 1 nitrogen and oxygen atoms in total. The molecule has 0 saturated carbocycles. The third-order valence-electron chi connectivity index (χ3n) is 2.55. The summed E-state index contributed by atoms with van der Waals surface area (Å²) >= 11 is 0. The van der Waals surface area contributed by atoms with E-state index in [1.165, 1.54) is 6.07 Å². The number of aryl methyl sites for hydroxylation is 1. The first-order chi connectivity index (χ1) is 6.50. The molecule has 0 radical (unpaired) electrons. The van der Waals surface area contributed by atoms with Crippen molar-refractivity contribution in [3.8, 4) is 0 Å². The molecular formula is C12H18FN. The average molecular weight is 195 g/mol. The number of halogens is 1. The second-order valence-electron chi connectivity index (χ2n) is 4.14. The first-order valence-corrected chi connectivity index (χ1v) is 5.03. The zero-order valence-corrected chi connectivity index (χ0v) is 9.26. The summed E-state index contributed by atoms with van der Waals surface area (Å²) in [5, 5.41) is 3.34. The van der Waals surface area contributed by atoms with E-state index in [-0.39, 0.29) is 5.82 Å². The summed E-state index contributed by atoms with van der Waals surface area (Å²) in [6.07, 6.45) is 0. The number of hydrogen-bond acceptors (Lipinski definition) is 1. The molecule has 0 aliphatic carbocycles. The largest absolute Gasteiger partial charge is 0.382 e. The molecule has 0 saturated heterocycles. The lowest BCUT2D eigenvalue weighted by atomic mass is 10.1. The molecule has 1 aromatic carbocycles. The van der Waals surface area contributed by atoms with Crippen molar-refractivity contribution in [1.82, 2.24) is 0 Å². The monoisotopic (exact) mass is 195 g/mol. The predicted octanol–water partition coefficient (Wildman–Crippen LogP) is 3.59. The first-order valence-electron chi connectivity index (χ1n) is 5.03. The summed E-state index contributed by atoms with van der Waals surface area (Å²) in [5.41, 5.74) is 1.68. The van der Waals surface area contributed by atoms with Crippen molar-refractivity contribution < 1.29 is 4.39 Å². The quantitative estimate of drug-likeness (QED) is 0.777. The molecular weight excluding hydrogens is 177 g/mol. The fourth-order valence-electron chi connectivity index (χ4n) is 1.16. The van der Waals surface area contributed by atoms with Gasteiger partial charge in [0.2, 0.25) is 0 Å². The lowest BCUT2D eigenvalue weighted by Gasteiger charge is -2.19. The normalized spacial score (nSPS) is 13.0. The number of anilines is 1. The highest BCUT2D eigenvalue weighted by Gasteiger charge is 2.07. The maximum absolute atomic E-state index is 13.0. The van der Waals surface area contributed by atoms with Crippen LogP contribution in [0.25, 0.3) is 0 Å². The Morgan fingerprint density at radius 2 is 1.86 bits per heavy atom. The van der Waals surface area contributed by atoms with Crippen LogP contribution in [0.4, 0.5) is 10.1 Å². The first kappa shape index (κ1) is 11.0. The van der Waals surface area contributed by atoms with Crippen molar-refractivity contribution in [3.63, 3.8) is 0 Å². The van der Waals surface area contributed by atoms with Gasteiger partial charge in [-0.3, -0.25) is 0 Å². The van der Waals surface area contributed by atoms with Crippen molar-refractivity contribution in [2.45, 2.75) is 33.7 Å². The standard InChI is InChI=1S/C12H18FN/c1-8(2)10(4)14-11-5-6-12(13)9(3)7-11/h5-8,10,14H,1-4H3. The molecule has 0 aliphatic rings. The summed E-state index contributed by atoms with van der Waals surface area (Å²) < 4.78 is 13.0. The van der Waals surface area contributed by atoms with Crippen LogP contribution in [0.5, 0.6) is 0 Å². The predicted molar refractivity (Wildman–Crippen MR) is 59.1 cm³/mol. The van der Waals surface area contributed by atoms with Gasteiger partial charge in [-0.1, -0.05) is 13.8 Å². The van der Waals surface area contributed by atoms with Gasteiger partial charge < -0.3 is 5.32 Å². The van der Waals surface area contributed by atoms with E-state index in [1.54, 1.807) is 13.0 Å². The van der Waals surface area contributed by atoms with Crippen LogP contribution in [0.15, 0.2) is 18.2 Å². The minimum atomic E-state index is -0.146. The molecule has 1 atom stereocenters. The molecule has 0 fully saturated rings. The summed E-state index contributed by atoms with van der Waals surface area (Å²) in [4.78, 5) is 0. The SMILES string of the molecule is Cc1cc(NC(C)C(C)C)ccc1F. The van der Waals surface area contributed by atoms with E-state index in [9.17, 15) is 4.39 Å². The Balaban J connectivity index is 2.73. The van der Waals surface area contributed by atoms with Gasteiger partial charge in [-0.25, -0.2) is 4.39 Å². The van der Waals surface area contributed by atoms with Crippen LogP contribution >= 0.6 is 0 Å². The molecule has 0 aromatic heterocycles. The van der Waals surface area contributed by atoms with Crippen LogP contribution < -0.4 is 5.32 Å². The minimum absolute atomic E-state index is 0.146. The fraction of sp³-hybridized carbons (Fsp3) is 0.500. The zero-order valence-electron chi connectivity index (χ0n) is 9.26. The average Bonchev–Trinajstić information content (AvgIpc) is 2.11. The minimum Gasteiger partial charge on any atom is -0.382 e. The van der Waals surface area contributed by atoms with E-state index < -0.39 is 0 Å². The molecule has 1 rings (SSSR count). The fourth-order valence-corrected chi connectivity index (χ4v) is 1.16. The number of benzene rings is 1. The Morgan fingerprint density at radius 3 is 2.36 bits per heavy atom. The Hall–Kier alpha value is -1.05. The van der Waals surface area contributed by atoms with Crippen molar-refractivity contribution >= 4 is 5.69 Å². The summed E-state index contributed by atoms with van der Waals surface area (Å²) in [7, 11) is 0. The van der Waals surface area contributed by atoms with Gasteiger partial charge in [0.1, 0.15) is 5.82 Å². The molecule has 1 N–H and O–H groups in total. The summed E-state index contributed by atoms with van der Waals surface area (Å²) in [5.74, 6) is 0.424. The van der Waals surface area contributed by atoms with Crippen molar-refractivity contribution in [3.05, 3.63) is 29.6 Å². The van der Waals surface area contributed by atoms with Gasteiger partial charge >= 0.3 is 0 Å². The third kappa shape index (κ3) is 2.72. The Morgan fingerprint density at radius 1 is 1.21 bits per heavy atom. The van der Waals surface area contributed by atoms with Gasteiger partial charge in [-0.2, -0.15) is 0 Å². The second kappa shape index (κ2) is 4.45. The Kier molecular flexibility index (Phi) is 3.50. The van der Waals surface area contributed by atoms with Gasteiger partial charge in [0.15, 0.2) is 0 Å². The van der Waals surface area contributed by atoms with Crippen LogP contribution in [-0.2, 0) is 0 Å². The number of rotatable bonds is 3. The number of hydrogen-bond donors (Lipinski definition) is 1. The molecule has 14 heavy (non-hydrogen) atoms. The highest BCUT2D eigenvalue weighted by atomic mass is 19.1. The third-order valence-corrected chi connectivity index (χ3v) is 2.55. The second-order valence-corrected chi connectivity index (χ2v) is 4.14. The van der Waals surface area contributed by atoms with Gasteiger partial charge in [0.05, 0.1) is 0 Å². The summed E-state index contributed by atoms with van der Waals surface area (Å²) in [6.45, 7) is 8.23. The summed E-state index contributed by atoms with van der Waals surface area (Å²) in [6, 6.07) is 5.53. The molecule has 0 aliphatic heterocycles. The molecule has 0 amide bonds. The van der Waals surface area contributed by atoms with E-state index >= 15 is 0 Å². The van der Waals surface area contributed by atoms with E-state index in [0.29, 0.717) is 17.5 Å². The van der Waals surface area contributed by atoms with Crippen LogP contribution in [0.3, 0.4) is 0 Å². The van der Waals surface area contributed by atoms with Gasteiger partial charge in [-0.15, -0.1) is 0 Å². The van der Waals surface area contributed by atoms with Crippen molar-refractivity contribution in [2.24, 2.45) is 5.92 Å². The Labute approximate surface area is 85.3 Å². The van der Waals surface area contributed by atoms with E-state index in [4.69, 9.17) is 0 Å². The van der Waals surface area contributed by atoms with E-state index in [1.807, 2.05) is 6.07 Å². The van der Waals surface area contributed by atoms with Crippen LogP contribution in [0.1, 0.15) is 26.3 Å². The topological polar surface area (TPSA) is 12.0 Å². The maximum atomic E-state index is 13.0. The highest BCUT2D eigenvalue weighted by Crippen LogP contribution is 2.16. The molecule has 2 heteroatoms. The maximum Gasteiger partial charge on any atom is 0.126 e. The molecule has 1 aromatic rings. The molecule has 0 bridgehead atoms. The van der Waals surface area contributed by atoms with Gasteiger partial charge in [0.25, 0.3) is 0 Å². The van der Waals surface area contributed by atoms with Gasteiger partial charge in [0, 0.05) is 11.7 Å². The van der Waals surface area contributed by atoms with Gasteiger partial charge in [-0.05, 0) is 43.5 Å². The smallest absolute Gasteiger partial charge is 0.126 e. The zero-order chi connectivity index (χ0) is 10.7. The number of nitrogens with one attached hydrogen (secondary N) is 1. The molecule has 0 heterocycles. The lowest BCUT2D eigenvalue weighted by Crippen LogP contribution is -2.21. The molecule has 1 unspecified atom stereocenters. The molecule has 0 spiro atoms. The Bertz CT molecular complexity index is 307. The van der Waals surface area contributed by atoms with Crippen LogP contribution in [0, 0.1) is 18.7 Å². The van der Waals surface area contributed by atoms with E-state index in [0.717, 1.165) is 5.69 Å². The lowest BCUT2D eigenvalue weighted by molar-refractivity contribution is 0.559. The van der Waals surface area contributed by atoms with Crippen molar-refractivity contribution in [1.29, 1.82) is 0 Å². The molecule has 78 valence electrons. The van der Waals surface area contributed by atoms with E-state index in [2.05, 4.69) is 26.1 Å². The highest BCUT2D eigenvalue weighted by molar-refractivity contribution is 5.46. The van der Waals surface area contributed by atoms with Crippen molar-refractivity contribution in [2.75, 3.05) is 5.32 Å². The van der Waals surface area contributed by atoms with Crippen LogP contribution in [-0.4, -0.2) is 6.04 Å².